The number of aromatic nitrogens is 1. The monoisotopic (exact) mass is 285 g/mol. The first-order valence-electron chi connectivity index (χ1n) is 6.65. The normalized spacial score (nSPS) is 11.8. The van der Waals surface area contributed by atoms with Crippen LogP contribution in [0.2, 0.25) is 0 Å². The number of rotatable bonds is 8. The van der Waals surface area contributed by atoms with Crippen LogP contribution in [0.4, 0.5) is 5.82 Å². The average Bonchev–Trinajstić information content (AvgIpc) is 2.35. The maximum absolute atomic E-state index is 12.1. The molecule has 108 valence electrons. The molecule has 0 atom stereocenters. The standard InChI is InChI=1S/C13H23N3O2S/c1-4-14-13-10-12(7-9-15-13)19(17,18)16-8-5-6-11(2)3/h7,9-11,16H,4-6,8H2,1-3H3,(H,14,15). The van der Waals surface area contributed by atoms with Gasteiger partial charge in [-0.15, -0.1) is 0 Å². The number of nitrogens with zero attached hydrogens (tertiary/aromatic N) is 1. The average molecular weight is 285 g/mol. The highest BCUT2D eigenvalue weighted by molar-refractivity contribution is 7.89. The van der Waals surface area contributed by atoms with Crippen LogP contribution in [0.1, 0.15) is 33.6 Å². The first-order valence-corrected chi connectivity index (χ1v) is 8.13. The molecule has 1 rings (SSSR count). The van der Waals surface area contributed by atoms with Gasteiger partial charge in [0.1, 0.15) is 5.82 Å². The van der Waals surface area contributed by atoms with Gasteiger partial charge in [0.25, 0.3) is 0 Å². The lowest BCUT2D eigenvalue weighted by molar-refractivity contribution is 0.540. The topological polar surface area (TPSA) is 71.1 Å². The fourth-order valence-electron chi connectivity index (χ4n) is 1.66. The lowest BCUT2D eigenvalue weighted by Gasteiger charge is -2.09. The summed E-state index contributed by atoms with van der Waals surface area (Å²) in [7, 11) is -3.43. The molecule has 0 aromatic carbocycles. The molecule has 0 aliphatic heterocycles. The zero-order valence-electron chi connectivity index (χ0n) is 11.8. The number of hydrogen-bond donors (Lipinski definition) is 2. The van der Waals surface area contributed by atoms with Crippen molar-refractivity contribution in [2.45, 2.75) is 38.5 Å². The molecule has 1 heterocycles. The smallest absolute Gasteiger partial charge is 0.240 e. The predicted octanol–water partition coefficient (Wildman–Crippen LogP) is 2.23. The summed E-state index contributed by atoms with van der Waals surface area (Å²) < 4.78 is 26.7. The fourth-order valence-corrected chi connectivity index (χ4v) is 2.74. The first-order chi connectivity index (χ1) is 8.95. The molecule has 0 unspecified atom stereocenters. The maximum Gasteiger partial charge on any atom is 0.240 e. The van der Waals surface area contributed by atoms with Gasteiger partial charge < -0.3 is 5.32 Å². The highest BCUT2D eigenvalue weighted by Gasteiger charge is 2.14. The Morgan fingerprint density at radius 2 is 2.11 bits per heavy atom. The van der Waals surface area contributed by atoms with Gasteiger partial charge >= 0.3 is 0 Å². The van der Waals surface area contributed by atoms with Gasteiger partial charge in [-0.05, 0) is 31.7 Å². The van der Waals surface area contributed by atoms with Crippen molar-refractivity contribution in [2.24, 2.45) is 5.92 Å². The van der Waals surface area contributed by atoms with Gasteiger partial charge in [-0.1, -0.05) is 13.8 Å². The van der Waals surface area contributed by atoms with Crippen molar-refractivity contribution in [1.29, 1.82) is 0 Å². The van der Waals surface area contributed by atoms with Crippen LogP contribution in [0.25, 0.3) is 0 Å². The third-order valence-corrected chi connectivity index (χ3v) is 4.11. The lowest BCUT2D eigenvalue weighted by Crippen LogP contribution is -2.25. The van der Waals surface area contributed by atoms with Crippen LogP contribution in [0.5, 0.6) is 0 Å². The van der Waals surface area contributed by atoms with Crippen molar-refractivity contribution in [3.63, 3.8) is 0 Å². The van der Waals surface area contributed by atoms with Gasteiger partial charge in [0.15, 0.2) is 0 Å². The van der Waals surface area contributed by atoms with E-state index in [1.54, 1.807) is 6.07 Å². The minimum Gasteiger partial charge on any atom is -0.370 e. The second-order valence-electron chi connectivity index (χ2n) is 4.84. The van der Waals surface area contributed by atoms with E-state index >= 15 is 0 Å². The summed E-state index contributed by atoms with van der Waals surface area (Å²) in [6.45, 7) is 7.37. The highest BCUT2D eigenvalue weighted by atomic mass is 32.2. The van der Waals surface area contributed by atoms with Crippen LogP contribution in [0.3, 0.4) is 0 Å². The van der Waals surface area contributed by atoms with Crippen molar-refractivity contribution in [2.75, 3.05) is 18.4 Å². The molecule has 1 aromatic heterocycles. The maximum atomic E-state index is 12.1. The van der Waals surface area contributed by atoms with Crippen molar-refractivity contribution in [3.8, 4) is 0 Å². The van der Waals surface area contributed by atoms with Crippen LogP contribution in [-0.4, -0.2) is 26.5 Å². The van der Waals surface area contributed by atoms with E-state index in [1.165, 1.54) is 12.3 Å². The number of hydrogen-bond acceptors (Lipinski definition) is 4. The molecular weight excluding hydrogens is 262 g/mol. The first kappa shape index (κ1) is 15.9. The summed E-state index contributed by atoms with van der Waals surface area (Å²) >= 11 is 0. The highest BCUT2D eigenvalue weighted by Crippen LogP contribution is 2.12. The molecule has 6 heteroatoms. The summed E-state index contributed by atoms with van der Waals surface area (Å²) in [4.78, 5) is 4.31. The molecule has 5 nitrogen and oxygen atoms in total. The molecule has 0 aliphatic carbocycles. The summed E-state index contributed by atoms with van der Waals surface area (Å²) in [6.07, 6.45) is 3.37. The molecule has 0 spiro atoms. The minimum atomic E-state index is -3.43. The molecule has 0 aliphatic rings. The van der Waals surface area contributed by atoms with E-state index in [-0.39, 0.29) is 4.90 Å². The Kier molecular flexibility index (Phi) is 6.24. The van der Waals surface area contributed by atoms with E-state index in [2.05, 4.69) is 28.9 Å². The SMILES string of the molecule is CCNc1cc(S(=O)(=O)NCCCC(C)C)ccn1. The summed E-state index contributed by atoms with van der Waals surface area (Å²) in [6, 6.07) is 3.06. The third-order valence-electron chi connectivity index (χ3n) is 2.65. The van der Waals surface area contributed by atoms with E-state index in [4.69, 9.17) is 0 Å². The van der Waals surface area contributed by atoms with E-state index < -0.39 is 10.0 Å². The number of anilines is 1. The second-order valence-corrected chi connectivity index (χ2v) is 6.61. The van der Waals surface area contributed by atoms with Crippen molar-refractivity contribution in [3.05, 3.63) is 18.3 Å². The fraction of sp³-hybridized carbons (Fsp3) is 0.615. The van der Waals surface area contributed by atoms with Crippen molar-refractivity contribution < 1.29 is 8.42 Å². The third kappa shape index (κ3) is 5.57. The van der Waals surface area contributed by atoms with E-state index in [0.717, 1.165) is 12.8 Å². The predicted molar refractivity (Wildman–Crippen MR) is 77.7 cm³/mol. The Balaban J connectivity index is 2.63. The quantitative estimate of drug-likeness (QED) is 0.719. The van der Waals surface area contributed by atoms with Gasteiger partial charge in [0, 0.05) is 25.4 Å². The van der Waals surface area contributed by atoms with Crippen LogP contribution < -0.4 is 10.0 Å². The van der Waals surface area contributed by atoms with Gasteiger partial charge in [0.2, 0.25) is 10.0 Å². The minimum absolute atomic E-state index is 0.253. The zero-order valence-corrected chi connectivity index (χ0v) is 12.6. The van der Waals surface area contributed by atoms with Crippen molar-refractivity contribution in [1.82, 2.24) is 9.71 Å². The Bertz CT molecular complexity index is 486. The number of nitrogens with one attached hydrogen (secondary N) is 2. The molecule has 2 N–H and O–H groups in total. The lowest BCUT2D eigenvalue weighted by atomic mass is 10.1. The van der Waals surface area contributed by atoms with Gasteiger partial charge in [-0.2, -0.15) is 0 Å². The molecule has 1 aromatic rings. The molecule has 0 amide bonds. The molecule has 19 heavy (non-hydrogen) atoms. The summed E-state index contributed by atoms with van der Waals surface area (Å²) in [5.41, 5.74) is 0. The van der Waals surface area contributed by atoms with Crippen LogP contribution in [-0.2, 0) is 10.0 Å². The van der Waals surface area contributed by atoms with Gasteiger partial charge in [-0.25, -0.2) is 18.1 Å². The Morgan fingerprint density at radius 3 is 2.74 bits per heavy atom. The summed E-state index contributed by atoms with van der Waals surface area (Å²) in [5.74, 6) is 1.17. The van der Waals surface area contributed by atoms with Crippen LogP contribution >= 0.6 is 0 Å². The van der Waals surface area contributed by atoms with E-state index in [1.807, 2.05) is 6.92 Å². The van der Waals surface area contributed by atoms with Crippen LogP contribution in [0, 0.1) is 5.92 Å². The van der Waals surface area contributed by atoms with Crippen LogP contribution in [0.15, 0.2) is 23.2 Å². The molecule has 0 saturated heterocycles. The van der Waals surface area contributed by atoms with Crippen molar-refractivity contribution >= 4 is 15.8 Å². The Morgan fingerprint density at radius 1 is 1.37 bits per heavy atom. The van der Waals surface area contributed by atoms with E-state index in [9.17, 15) is 8.42 Å². The second kappa shape index (κ2) is 7.45. The molecular formula is C13H23N3O2S. The molecule has 0 fully saturated rings. The Hall–Kier alpha value is -1.14. The summed E-state index contributed by atoms with van der Waals surface area (Å²) in [5, 5.41) is 3.00. The zero-order chi connectivity index (χ0) is 14.3. The van der Waals surface area contributed by atoms with E-state index in [0.29, 0.717) is 24.8 Å². The number of sulfonamides is 1. The molecule has 0 saturated carbocycles. The van der Waals surface area contributed by atoms with Gasteiger partial charge in [-0.3, -0.25) is 0 Å². The largest absolute Gasteiger partial charge is 0.370 e. The number of pyridine rings is 1. The molecule has 0 bridgehead atoms. The Labute approximate surface area is 115 Å². The van der Waals surface area contributed by atoms with Gasteiger partial charge in [0.05, 0.1) is 4.90 Å². The molecule has 0 radical (unpaired) electrons.